The molecule has 0 aromatic carbocycles. The third-order valence-electron chi connectivity index (χ3n) is 2.45. The summed E-state index contributed by atoms with van der Waals surface area (Å²) in [7, 11) is 1.93. The predicted octanol–water partition coefficient (Wildman–Crippen LogP) is 1.66. The smallest absolute Gasteiger partial charge is 0.0114 e. The van der Waals surface area contributed by atoms with E-state index in [1.54, 1.807) is 0 Å². The number of rotatable bonds is 6. The van der Waals surface area contributed by atoms with Crippen molar-refractivity contribution in [2.24, 2.45) is 5.92 Å². The average molecular weight is 180 g/mol. The Balaban J connectivity index is 2.31. The summed E-state index contributed by atoms with van der Waals surface area (Å²) < 4.78 is 0. The summed E-state index contributed by atoms with van der Waals surface area (Å²) in [5.41, 5.74) is 1.34. The topological polar surface area (TPSA) is 24.1 Å². The van der Waals surface area contributed by atoms with E-state index in [4.69, 9.17) is 0 Å². The molecule has 0 bridgehead atoms. The van der Waals surface area contributed by atoms with Crippen molar-refractivity contribution >= 4 is 0 Å². The Morgan fingerprint density at radius 2 is 2.31 bits per heavy atom. The zero-order chi connectivity index (χ0) is 9.68. The highest BCUT2D eigenvalue weighted by atomic mass is 14.9. The Morgan fingerprint density at radius 3 is 2.77 bits per heavy atom. The molecule has 0 radical (unpaired) electrons. The van der Waals surface area contributed by atoms with Crippen LogP contribution in [0.1, 0.15) is 19.8 Å². The molecule has 2 nitrogen and oxygen atoms in total. The zero-order valence-corrected chi connectivity index (χ0v) is 8.64. The van der Waals surface area contributed by atoms with Gasteiger partial charge in [0.15, 0.2) is 0 Å². The first-order chi connectivity index (χ1) is 6.27. The van der Waals surface area contributed by atoms with Crippen molar-refractivity contribution in [3.63, 3.8) is 0 Å². The van der Waals surface area contributed by atoms with Crippen LogP contribution in [0.2, 0.25) is 0 Å². The molecule has 0 aliphatic heterocycles. The summed E-state index contributed by atoms with van der Waals surface area (Å²) in [5.74, 6) is 0.466. The summed E-state index contributed by atoms with van der Waals surface area (Å²) in [6.07, 6.45) is 6.75. The maximum Gasteiger partial charge on any atom is 0.0114 e. The molecule has 0 aromatic heterocycles. The van der Waals surface area contributed by atoms with Crippen LogP contribution in [0.5, 0.6) is 0 Å². The van der Waals surface area contributed by atoms with Gasteiger partial charge >= 0.3 is 0 Å². The number of hydrogen-bond acceptors (Lipinski definition) is 2. The fourth-order valence-electron chi connectivity index (χ4n) is 1.35. The fourth-order valence-corrected chi connectivity index (χ4v) is 1.35. The van der Waals surface area contributed by atoms with Gasteiger partial charge in [-0.15, -0.1) is 6.58 Å². The van der Waals surface area contributed by atoms with E-state index in [1.165, 1.54) is 18.4 Å². The van der Waals surface area contributed by atoms with Crippen LogP contribution in [0.3, 0.4) is 0 Å². The van der Waals surface area contributed by atoms with E-state index in [-0.39, 0.29) is 0 Å². The third-order valence-corrected chi connectivity index (χ3v) is 2.45. The van der Waals surface area contributed by atoms with Crippen molar-refractivity contribution < 1.29 is 0 Å². The van der Waals surface area contributed by atoms with Crippen molar-refractivity contribution in [3.05, 3.63) is 24.4 Å². The average Bonchev–Trinajstić information content (AvgIpc) is 2.89. The molecule has 1 aliphatic carbocycles. The summed E-state index contributed by atoms with van der Waals surface area (Å²) in [5, 5.41) is 6.55. The van der Waals surface area contributed by atoms with Gasteiger partial charge in [0, 0.05) is 25.6 Å². The zero-order valence-electron chi connectivity index (χ0n) is 8.64. The van der Waals surface area contributed by atoms with Gasteiger partial charge in [-0.3, -0.25) is 0 Å². The minimum absolute atomic E-state index is 0.466. The normalized spacial score (nSPS) is 19.7. The summed E-state index contributed by atoms with van der Waals surface area (Å²) in [6.45, 7) is 7.02. The van der Waals surface area contributed by atoms with Crippen LogP contribution in [0.4, 0.5) is 0 Å². The Kier molecular flexibility index (Phi) is 4.03. The minimum atomic E-state index is 0.466. The molecule has 0 heterocycles. The number of hydrogen-bond donors (Lipinski definition) is 2. The van der Waals surface area contributed by atoms with Gasteiger partial charge in [0.1, 0.15) is 0 Å². The molecule has 13 heavy (non-hydrogen) atoms. The van der Waals surface area contributed by atoms with Gasteiger partial charge in [-0.05, 0) is 31.5 Å². The van der Waals surface area contributed by atoms with E-state index in [2.05, 4.69) is 24.1 Å². The number of nitrogens with one attached hydrogen (secondary N) is 2. The molecule has 1 aliphatic rings. The lowest BCUT2D eigenvalue weighted by atomic mass is 10.0. The van der Waals surface area contributed by atoms with Crippen LogP contribution in [-0.4, -0.2) is 19.6 Å². The lowest BCUT2D eigenvalue weighted by molar-refractivity contribution is 0.605. The second-order valence-corrected chi connectivity index (χ2v) is 3.70. The third kappa shape index (κ3) is 3.64. The van der Waals surface area contributed by atoms with E-state index in [1.807, 2.05) is 19.3 Å². The van der Waals surface area contributed by atoms with Crippen LogP contribution in [0, 0.1) is 5.92 Å². The van der Waals surface area contributed by atoms with Crippen LogP contribution in [0.25, 0.3) is 0 Å². The van der Waals surface area contributed by atoms with Crippen molar-refractivity contribution in [2.45, 2.75) is 25.8 Å². The minimum Gasteiger partial charge on any atom is -0.394 e. The molecule has 1 atom stereocenters. The first-order valence-electron chi connectivity index (χ1n) is 4.97. The fraction of sp³-hybridized carbons (Fsp3) is 0.636. The molecule has 2 heteroatoms. The Bertz CT molecular complexity index is 192. The van der Waals surface area contributed by atoms with Gasteiger partial charge in [-0.1, -0.05) is 6.08 Å². The van der Waals surface area contributed by atoms with Gasteiger partial charge in [-0.2, -0.15) is 0 Å². The van der Waals surface area contributed by atoms with Gasteiger partial charge < -0.3 is 10.6 Å². The maximum absolute atomic E-state index is 3.85. The van der Waals surface area contributed by atoms with Gasteiger partial charge in [0.25, 0.3) is 0 Å². The van der Waals surface area contributed by atoms with Crippen molar-refractivity contribution in [1.29, 1.82) is 0 Å². The highest BCUT2D eigenvalue weighted by Gasteiger charge is 2.21. The molecule has 2 N–H and O–H groups in total. The van der Waals surface area contributed by atoms with Crippen LogP contribution < -0.4 is 10.6 Å². The summed E-state index contributed by atoms with van der Waals surface area (Å²) in [6, 6.07) is 0.782. The van der Waals surface area contributed by atoms with Crippen LogP contribution in [0.15, 0.2) is 24.4 Å². The second kappa shape index (κ2) is 5.07. The highest BCUT2D eigenvalue weighted by molar-refractivity contribution is 5.09. The van der Waals surface area contributed by atoms with Crippen LogP contribution in [-0.2, 0) is 0 Å². The van der Waals surface area contributed by atoms with E-state index in [9.17, 15) is 0 Å². The predicted molar refractivity (Wildman–Crippen MR) is 57.5 cm³/mol. The van der Waals surface area contributed by atoms with E-state index >= 15 is 0 Å². The molecule has 0 aromatic rings. The molecule has 1 rings (SSSR count). The molecule has 1 unspecified atom stereocenters. The van der Waals surface area contributed by atoms with Crippen molar-refractivity contribution in [2.75, 3.05) is 13.6 Å². The quantitative estimate of drug-likeness (QED) is 0.607. The van der Waals surface area contributed by atoms with Gasteiger partial charge in [0.05, 0.1) is 0 Å². The molecule has 0 amide bonds. The Hall–Kier alpha value is -0.760. The first kappa shape index (κ1) is 10.3. The molecule has 1 fully saturated rings. The first-order valence-corrected chi connectivity index (χ1v) is 4.97. The van der Waals surface area contributed by atoms with Crippen LogP contribution >= 0.6 is 0 Å². The van der Waals surface area contributed by atoms with Crippen molar-refractivity contribution in [1.82, 2.24) is 10.6 Å². The lowest BCUT2D eigenvalue weighted by Crippen LogP contribution is -2.24. The Morgan fingerprint density at radius 1 is 1.62 bits per heavy atom. The largest absolute Gasteiger partial charge is 0.394 e. The van der Waals surface area contributed by atoms with Crippen molar-refractivity contribution in [3.8, 4) is 0 Å². The molecule has 0 saturated heterocycles. The maximum atomic E-state index is 3.85. The highest BCUT2D eigenvalue weighted by Crippen LogP contribution is 2.20. The molecular formula is C11H20N2. The molecular weight excluding hydrogens is 160 g/mol. The van der Waals surface area contributed by atoms with Gasteiger partial charge in [0.2, 0.25) is 0 Å². The van der Waals surface area contributed by atoms with E-state index in [0.29, 0.717) is 5.92 Å². The van der Waals surface area contributed by atoms with E-state index < -0.39 is 0 Å². The summed E-state index contributed by atoms with van der Waals surface area (Å²) in [4.78, 5) is 0. The Labute approximate surface area is 81.1 Å². The molecule has 0 spiro atoms. The monoisotopic (exact) mass is 180 g/mol. The SMILES string of the molecule is C=CC(CNC1CC1)/C(C)=C\NC. The summed E-state index contributed by atoms with van der Waals surface area (Å²) >= 11 is 0. The van der Waals surface area contributed by atoms with E-state index in [0.717, 1.165) is 12.6 Å². The standard InChI is InChI=1S/C11H20N2/c1-4-10(9(2)7-12-3)8-13-11-5-6-11/h4,7,10-13H,1,5-6,8H2,2-3H3/b9-7-. The molecule has 74 valence electrons. The lowest BCUT2D eigenvalue weighted by Gasteiger charge is -2.13. The molecule has 1 saturated carbocycles. The second-order valence-electron chi connectivity index (χ2n) is 3.70. The van der Waals surface area contributed by atoms with Gasteiger partial charge in [-0.25, -0.2) is 0 Å².